The van der Waals surface area contributed by atoms with Gasteiger partial charge in [-0.2, -0.15) is 0 Å². The predicted octanol–water partition coefficient (Wildman–Crippen LogP) is 20.0. The molecule has 0 fully saturated rings. The SMILES string of the molecule is CCCCCC/C=C\C/C=C\CCCCCCCCCC(=O)OC(COC(=O)CCCCCCCCCC)COC(=O)CCCCCCCCCCCC/C=C\C/C=C\C/C=C\CCCCCCC. The van der Waals surface area contributed by atoms with Gasteiger partial charge in [-0.1, -0.05) is 255 Å². The molecular formula is C63H112O6. The second-order valence-electron chi connectivity index (χ2n) is 19.9. The third-order valence-electron chi connectivity index (χ3n) is 13.0. The first kappa shape index (κ1) is 66.1. The summed E-state index contributed by atoms with van der Waals surface area (Å²) in [5.74, 6) is -0.882. The fraction of sp³-hybridized carbons (Fsp3) is 0.794. The highest BCUT2D eigenvalue weighted by Gasteiger charge is 2.19. The number of hydrogen-bond acceptors (Lipinski definition) is 6. The van der Waals surface area contributed by atoms with Gasteiger partial charge in [-0.25, -0.2) is 0 Å². The van der Waals surface area contributed by atoms with E-state index in [0.29, 0.717) is 19.3 Å². The highest BCUT2D eigenvalue weighted by molar-refractivity contribution is 5.71. The van der Waals surface area contributed by atoms with E-state index in [1.807, 2.05) is 0 Å². The van der Waals surface area contributed by atoms with Crippen molar-refractivity contribution in [1.29, 1.82) is 0 Å². The highest BCUT2D eigenvalue weighted by atomic mass is 16.6. The maximum atomic E-state index is 12.8. The lowest BCUT2D eigenvalue weighted by Gasteiger charge is -2.18. The number of unbranched alkanes of at least 4 members (excludes halogenated alkanes) is 33. The maximum absolute atomic E-state index is 12.8. The van der Waals surface area contributed by atoms with Crippen molar-refractivity contribution in [1.82, 2.24) is 0 Å². The number of hydrogen-bond donors (Lipinski definition) is 0. The molecule has 0 aliphatic heterocycles. The van der Waals surface area contributed by atoms with E-state index in [9.17, 15) is 14.4 Å². The standard InChI is InChI=1S/C63H112O6/c1-4-7-10-13-16-19-21-23-25-27-29-30-31-32-33-34-35-37-38-40-42-44-47-50-53-56-62(65)68-59-60(58-67-61(64)55-52-49-46-18-15-12-9-6-3)69-63(66)57-54-51-48-45-43-41-39-36-28-26-24-22-20-17-14-11-8-5-2/h20-23,26-29,31-32,60H,4-19,24-25,30,33-59H2,1-3H3/b22-20-,23-21-,28-26-,29-27-,32-31-. The summed E-state index contributed by atoms with van der Waals surface area (Å²) in [4.78, 5) is 38.0. The number of esters is 3. The van der Waals surface area contributed by atoms with Crippen LogP contribution in [-0.2, 0) is 28.6 Å². The molecule has 0 saturated heterocycles. The second-order valence-corrected chi connectivity index (χ2v) is 19.9. The molecule has 1 atom stereocenters. The lowest BCUT2D eigenvalue weighted by atomic mass is 10.1. The van der Waals surface area contributed by atoms with Gasteiger partial charge in [0.1, 0.15) is 13.2 Å². The smallest absolute Gasteiger partial charge is 0.306 e. The van der Waals surface area contributed by atoms with Gasteiger partial charge in [0.15, 0.2) is 6.10 Å². The Balaban J connectivity index is 4.21. The van der Waals surface area contributed by atoms with E-state index in [1.54, 1.807) is 0 Å². The zero-order valence-electron chi connectivity index (χ0n) is 45.8. The van der Waals surface area contributed by atoms with Crippen LogP contribution in [0.2, 0.25) is 0 Å². The summed E-state index contributed by atoms with van der Waals surface area (Å²) in [6.45, 7) is 6.60. The van der Waals surface area contributed by atoms with E-state index in [2.05, 4.69) is 81.5 Å². The Hall–Kier alpha value is -2.89. The molecule has 0 aliphatic carbocycles. The van der Waals surface area contributed by atoms with Gasteiger partial charge in [0, 0.05) is 19.3 Å². The molecule has 0 aromatic rings. The Kier molecular flexibility index (Phi) is 55.3. The molecular weight excluding hydrogens is 853 g/mol. The normalized spacial score (nSPS) is 12.4. The third-order valence-corrected chi connectivity index (χ3v) is 13.0. The summed E-state index contributed by atoms with van der Waals surface area (Å²) in [6.07, 6.45) is 72.3. The van der Waals surface area contributed by atoms with Crippen LogP contribution >= 0.6 is 0 Å². The summed E-state index contributed by atoms with van der Waals surface area (Å²) >= 11 is 0. The van der Waals surface area contributed by atoms with Crippen molar-refractivity contribution in [2.75, 3.05) is 13.2 Å². The monoisotopic (exact) mass is 965 g/mol. The van der Waals surface area contributed by atoms with Crippen molar-refractivity contribution in [2.45, 2.75) is 309 Å². The van der Waals surface area contributed by atoms with Crippen molar-refractivity contribution in [3.8, 4) is 0 Å². The first-order chi connectivity index (χ1) is 34.0. The topological polar surface area (TPSA) is 78.9 Å². The van der Waals surface area contributed by atoms with E-state index in [1.165, 1.54) is 180 Å². The number of carbonyl (C=O) groups is 3. The zero-order valence-corrected chi connectivity index (χ0v) is 45.8. The Morgan fingerprint density at radius 2 is 0.522 bits per heavy atom. The van der Waals surface area contributed by atoms with Gasteiger partial charge < -0.3 is 14.2 Å². The molecule has 69 heavy (non-hydrogen) atoms. The van der Waals surface area contributed by atoms with Crippen LogP contribution in [-0.4, -0.2) is 37.2 Å². The van der Waals surface area contributed by atoms with E-state index in [-0.39, 0.29) is 31.1 Å². The number of ether oxygens (including phenoxy) is 3. The summed E-state index contributed by atoms with van der Waals surface area (Å²) in [5.41, 5.74) is 0. The summed E-state index contributed by atoms with van der Waals surface area (Å²) in [6, 6.07) is 0. The lowest BCUT2D eigenvalue weighted by Crippen LogP contribution is -2.30. The van der Waals surface area contributed by atoms with Crippen LogP contribution in [0.3, 0.4) is 0 Å². The zero-order chi connectivity index (χ0) is 50.0. The van der Waals surface area contributed by atoms with Crippen LogP contribution in [0.15, 0.2) is 60.8 Å². The third kappa shape index (κ3) is 55.9. The number of rotatable bonds is 54. The Morgan fingerprint density at radius 1 is 0.290 bits per heavy atom. The highest BCUT2D eigenvalue weighted by Crippen LogP contribution is 2.16. The largest absolute Gasteiger partial charge is 0.462 e. The van der Waals surface area contributed by atoms with Crippen molar-refractivity contribution in [3.63, 3.8) is 0 Å². The summed E-state index contributed by atoms with van der Waals surface area (Å²) < 4.78 is 16.8. The van der Waals surface area contributed by atoms with Crippen LogP contribution in [0.5, 0.6) is 0 Å². The molecule has 0 amide bonds. The van der Waals surface area contributed by atoms with Gasteiger partial charge in [0.2, 0.25) is 0 Å². The quantitative estimate of drug-likeness (QED) is 0.0262. The van der Waals surface area contributed by atoms with Gasteiger partial charge >= 0.3 is 17.9 Å². The first-order valence-corrected chi connectivity index (χ1v) is 29.8. The van der Waals surface area contributed by atoms with Crippen LogP contribution in [0.4, 0.5) is 0 Å². The number of carbonyl (C=O) groups excluding carboxylic acids is 3. The summed E-state index contributed by atoms with van der Waals surface area (Å²) in [5, 5.41) is 0. The van der Waals surface area contributed by atoms with E-state index < -0.39 is 6.10 Å². The molecule has 400 valence electrons. The molecule has 6 heteroatoms. The molecule has 0 saturated carbocycles. The Bertz CT molecular complexity index is 1250. The minimum absolute atomic E-state index is 0.0768. The van der Waals surface area contributed by atoms with Crippen LogP contribution in [0.25, 0.3) is 0 Å². The van der Waals surface area contributed by atoms with E-state index in [4.69, 9.17) is 14.2 Å². The maximum Gasteiger partial charge on any atom is 0.306 e. The van der Waals surface area contributed by atoms with Crippen molar-refractivity contribution < 1.29 is 28.6 Å². The molecule has 0 N–H and O–H groups in total. The molecule has 0 bridgehead atoms. The van der Waals surface area contributed by atoms with Crippen molar-refractivity contribution >= 4 is 17.9 Å². The molecule has 0 rings (SSSR count). The second kappa shape index (κ2) is 57.7. The van der Waals surface area contributed by atoms with E-state index in [0.717, 1.165) is 83.5 Å². The fourth-order valence-electron chi connectivity index (χ4n) is 8.48. The van der Waals surface area contributed by atoms with E-state index >= 15 is 0 Å². The van der Waals surface area contributed by atoms with Gasteiger partial charge in [-0.3, -0.25) is 14.4 Å². The molecule has 0 spiro atoms. The lowest BCUT2D eigenvalue weighted by molar-refractivity contribution is -0.167. The van der Waals surface area contributed by atoms with Crippen molar-refractivity contribution in [2.24, 2.45) is 0 Å². The van der Waals surface area contributed by atoms with Gasteiger partial charge in [-0.15, -0.1) is 0 Å². The van der Waals surface area contributed by atoms with Crippen LogP contribution < -0.4 is 0 Å². The molecule has 1 unspecified atom stereocenters. The number of allylic oxidation sites excluding steroid dienone is 10. The van der Waals surface area contributed by atoms with Gasteiger partial charge in [0.05, 0.1) is 0 Å². The van der Waals surface area contributed by atoms with Gasteiger partial charge in [-0.05, 0) is 89.9 Å². The molecule has 0 aliphatic rings. The minimum atomic E-state index is -0.777. The minimum Gasteiger partial charge on any atom is -0.462 e. The van der Waals surface area contributed by atoms with Crippen LogP contribution in [0, 0.1) is 0 Å². The first-order valence-electron chi connectivity index (χ1n) is 29.8. The van der Waals surface area contributed by atoms with Crippen molar-refractivity contribution in [3.05, 3.63) is 60.8 Å². The molecule has 0 radical (unpaired) electrons. The molecule has 0 aromatic heterocycles. The molecule has 0 aromatic carbocycles. The average Bonchev–Trinajstić information content (AvgIpc) is 3.35. The Morgan fingerprint density at radius 3 is 0.826 bits per heavy atom. The summed E-state index contributed by atoms with van der Waals surface area (Å²) in [7, 11) is 0. The predicted molar refractivity (Wildman–Crippen MR) is 298 cm³/mol. The average molecular weight is 966 g/mol. The Labute approximate surface area is 428 Å². The molecule has 0 heterocycles. The van der Waals surface area contributed by atoms with Crippen LogP contribution in [0.1, 0.15) is 303 Å². The molecule has 6 nitrogen and oxygen atoms in total. The van der Waals surface area contributed by atoms with Gasteiger partial charge in [0.25, 0.3) is 0 Å². The fourth-order valence-corrected chi connectivity index (χ4v) is 8.48.